The van der Waals surface area contributed by atoms with Crippen molar-refractivity contribution in [2.75, 3.05) is 13.6 Å². The summed E-state index contributed by atoms with van der Waals surface area (Å²) < 4.78 is 0. The molecular formula is C7H14N2O. The molecule has 0 saturated carbocycles. The summed E-state index contributed by atoms with van der Waals surface area (Å²) in [6.45, 7) is 2.55. The standard InChI is InChI=1S/C7H14N2O/c1-5(10)7-6(8)3-4-9(7)2/h6-7H,3-4,8H2,1-2H3/t6-,7-/m1/s1. The Morgan fingerprint density at radius 2 is 2.30 bits per heavy atom. The minimum Gasteiger partial charge on any atom is -0.326 e. The number of likely N-dealkylation sites (N-methyl/N-ethyl adjacent to an activating group) is 1. The quantitative estimate of drug-likeness (QED) is 0.542. The summed E-state index contributed by atoms with van der Waals surface area (Å²) in [5.41, 5.74) is 5.71. The van der Waals surface area contributed by atoms with Gasteiger partial charge in [-0.05, 0) is 20.4 Å². The molecule has 0 radical (unpaired) electrons. The number of nitrogens with zero attached hydrogens (tertiary/aromatic N) is 1. The zero-order valence-electron chi connectivity index (χ0n) is 6.50. The molecule has 0 bridgehead atoms. The smallest absolute Gasteiger partial charge is 0.148 e. The van der Waals surface area contributed by atoms with E-state index in [2.05, 4.69) is 0 Å². The maximum absolute atomic E-state index is 10.9. The van der Waals surface area contributed by atoms with Gasteiger partial charge in [0.05, 0.1) is 6.04 Å². The van der Waals surface area contributed by atoms with Gasteiger partial charge in [-0.1, -0.05) is 0 Å². The van der Waals surface area contributed by atoms with Gasteiger partial charge >= 0.3 is 0 Å². The lowest BCUT2D eigenvalue weighted by Crippen LogP contribution is -2.42. The molecule has 1 heterocycles. The van der Waals surface area contributed by atoms with E-state index in [4.69, 9.17) is 5.73 Å². The lowest BCUT2D eigenvalue weighted by molar-refractivity contribution is -0.121. The van der Waals surface area contributed by atoms with Crippen LogP contribution in [0.1, 0.15) is 13.3 Å². The average Bonchev–Trinajstić information content (AvgIpc) is 2.11. The van der Waals surface area contributed by atoms with Crippen molar-refractivity contribution >= 4 is 5.78 Å². The van der Waals surface area contributed by atoms with Crippen molar-refractivity contribution in [2.24, 2.45) is 5.73 Å². The number of carbonyl (C=O) groups excluding carboxylic acids is 1. The molecule has 1 rings (SSSR count). The molecule has 0 aromatic heterocycles. The second kappa shape index (κ2) is 2.68. The highest BCUT2D eigenvalue weighted by atomic mass is 16.1. The van der Waals surface area contributed by atoms with Crippen molar-refractivity contribution in [1.82, 2.24) is 4.90 Å². The molecule has 0 aromatic rings. The predicted octanol–water partition coefficient (Wildman–Crippen LogP) is -0.393. The second-order valence-electron chi connectivity index (χ2n) is 2.99. The highest BCUT2D eigenvalue weighted by Gasteiger charge is 2.31. The number of nitrogens with two attached hydrogens (primary N) is 1. The highest BCUT2D eigenvalue weighted by molar-refractivity contribution is 5.82. The van der Waals surface area contributed by atoms with E-state index in [0.29, 0.717) is 0 Å². The third-order valence-electron chi connectivity index (χ3n) is 2.11. The van der Waals surface area contributed by atoms with Gasteiger partial charge in [-0.3, -0.25) is 9.69 Å². The van der Waals surface area contributed by atoms with E-state index in [1.54, 1.807) is 6.92 Å². The van der Waals surface area contributed by atoms with E-state index >= 15 is 0 Å². The molecule has 2 N–H and O–H groups in total. The van der Waals surface area contributed by atoms with E-state index in [0.717, 1.165) is 13.0 Å². The van der Waals surface area contributed by atoms with Crippen molar-refractivity contribution in [3.63, 3.8) is 0 Å². The van der Waals surface area contributed by atoms with Crippen LogP contribution in [0.4, 0.5) is 0 Å². The number of rotatable bonds is 1. The van der Waals surface area contributed by atoms with Crippen LogP contribution in [0.25, 0.3) is 0 Å². The Morgan fingerprint density at radius 1 is 1.70 bits per heavy atom. The topological polar surface area (TPSA) is 46.3 Å². The molecule has 0 amide bonds. The third kappa shape index (κ3) is 1.20. The second-order valence-corrected chi connectivity index (χ2v) is 2.99. The molecule has 3 nitrogen and oxygen atoms in total. The van der Waals surface area contributed by atoms with Crippen molar-refractivity contribution < 1.29 is 4.79 Å². The highest BCUT2D eigenvalue weighted by Crippen LogP contribution is 2.13. The van der Waals surface area contributed by atoms with Gasteiger partial charge in [-0.2, -0.15) is 0 Å². The lowest BCUT2D eigenvalue weighted by atomic mass is 10.1. The number of hydrogen-bond acceptors (Lipinski definition) is 3. The summed E-state index contributed by atoms with van der Waals surface area (Å²) in [6.07, 6.45) is 0.945. The van der Waals surface area contributed by atoms with Crippen molar-refractivity contribution in [1.29, 1.82) is 0 Å². The molecule has 58 valence electrons. The Bertz CT molecular complexity index is 137. The number of carbonyl (C=O) groups is 1. The molecule has 0 spiro atoms. The van der Waals surface area contributed by atoms with Crippen LogP contribution in [0.5, 0.6) is 0 Å². The van der Waals surface area contributed by atoms with Gasteiger partial charge in [-0.15, -0.1) is 0 Å². The first-order chi connectivity index (χ1) is 4.63. The van der Waals surface area contributed by atoms with Gasteiger partial charge in [0.25, 0.3) is 0 Å². The minimum absolute atomic E-state index is 0.0278. The number of hydrogen-bond donors (Lipinski definition) is 1. The normalized spacial score (nSPS) is 34.7. The fourth-order valence-corrected chi connectivity index (χ4v) is 1.59. The Kier molecular flexibility index (Phi) is 2.06. The van der Waals surface area contributed by atoms with Gasteiger partial charge < -0.3 is 5.73 Å². The van der Waals surface area contributed by atoms with Crippen LogP contribution in [0.3, 0.4) is 0 Å². The number of Topliss-reactive ketones (excluding diaryl/α,β-unsaturated/α-hetero) is 1. The summed E-state index contributed by atoms with van der Waals surface area (Å²) in [7, 11) is 1.94. The molecule has 0 aliphatic carbocycles. The van der Waals surface area contributed by atoms with Gasteiger partial charge in [0.15, 0.2) is 0 Å². The molecule has 10 heavy (non-hydrogen) atoms. The van der Waals surface area contributed by atoms with E-state index in [-0.39, 0.29) is 17.9 Å². The van der Waals surface area contributed by atoms with Crippen LogP contribution in [0.2, 0.25) is 0 Å². The van der Waals surface area contributed by atoms with Gasteiger partial charge in [0, 0.05) is 12.6 Å². The summed E-state index contributed by atoms with van der Waals surface area (Å²) in [5, 5.41) is 0. The predicted molar refractivity (Wildman–Crippen MR) is 39.7 cm³/mol. The Hall–Kier alpha value is -0.410. The molecule has 0 unspecified atom stereocenters. The molecule has 2 atom stereocenters. The van der Waals surface area contributed by atoms with Crippen LogP contribution in [-0.4, -0.2) is 36.4 Å². The Morgan fingerprint density at radius 3 is 2.50 bits per heavy atom. The van der Waals surface area contributed by atoms with Crippen LogP contribution in [0.15, 0.2) is 0 Å². The summed E-state index contributed by atoms with van der Waals surface area (Å²) in [6, 6.07) is 0.0301. The van der Waals surface area contributed by atoms with Crippen molar-refractivity contribution in [3.05, 3.63) is 0 Å². The first kappa shape index (κ1) is 7.69. The lowest BCUT2D eigenvalue weighted by Gasteiger charge is -2.18. The number of likely N-dealkylation sites (tertiary alicyclic amines) is 1. The molecule has 3 heteroatoms. The SMILES string of the molecule is CC(=O)[C@@H]1[C@H](N)CCN1C. The molecule has 0 aromatic carbocycles. The molecule has 1 aliphatic rings. The minimum atomic E-state index is -0.0278. The first-order valence-corrected chi connectivity index (χ1v) is 3.59. The molecule has 1 aliphatic heterocycles. The summed E-state index contributed by atoms with van der Waals surface area (Å²) in [4.78, 5) is 13.0. The van der Waals surface area contributed by atoms with Gasteiger partial charge in [-0.25, -0.2) is 0 Å². The summed E-state index contributed by atoms with van der Waals surface area (Å²) in [5.74, 6) is 0.188. The fraction of sp³-hybridized carbons (Fsp3) is 0.857. The zero-order chi connectivity index (χ0) is 7.72. The molecule has 1 saturated heterocycles. The van der Waals surface area contributed by atoms with Crippen molar-refractivity contribution in [2.45, 2.75) is 25.4 Å². The van der Waals surface area contributed by atoms with Crippen LogP contribution >= 0.6 is 0 Å². The fourth-order valence-electron chi connectivity index (χ4n) is 1.59. The maximum Gasteiger partial charge on any atom is 0.148 e. The Balaban J connectivity index is 2.63. The largest absolute Gasteiger partial charge is 0.326 e. The van der Waals surface area contributed by atoms with Gasteiger partial charge in [0.1, 0.15) is 5.78 Å². The van der Waals surface area contributed by atoms with E-state index in [1.807, 2.05) is 11.9 Å². The maximum atomic E-state index is 10.9. The average molecular weight is 142 g/mol. The monoisotopic (exact) mass is 142 g/mol. The van der Waals surface area contributed by atoms with Crippen LogP contribution in [-0.2, 0) is 4.79 Å². The van der Waals surface area contributed by atoms with Gasteiger partial charge in [0.2, 0.25) is 0 Å². The van der Waals surface area contributed by atoms with E-state index < -0.39 is 0 Å². The van der Waals surface area contributed by atoms with Crippen LogP contribution < -0.4 is 5.73 Å². The molecular weight excluding hydrogens is 128 g/mol. The third-order valence-corrected chi connectivity index (χ3v) is 2.11. The first-order valence-electron chi connectivity index (χ1n) is 3.59. The molecule has 1 fully saturated rings. The van der Waals surface area contributed by atoms with E-state index in [9.17, 15) is 4.79 Å². The number of ketones is 1. The van der Waals surface area contributed by atoms with Crippen molar-refractivity contribution in [3.8, 4) is 0 Å². The van der Waals surface area contributed by atoms with Crippen LogP contribution in [0, 0.1) is 0 Å². The Labute approximate surface area is 61.2 Å². The van der Waals surface area contributed by atoms with E-state index in [1.165, 1.54) is 0 Å². The summed E-state index contributed by atoms with van der Waals surface area (Å²) >= 11 is 0. The zero-order valence-corrected chi connectivity index (χ0v) is 6.50.